The Hall–Kier alpha value is -0.680. The Kier molecular flexibility index (Phi) is 4.72. The van der Waals surface area contributed by atoms with Gasteiger partial charge in [0.05, 0.1) is 11.0 Å². The molecule has 5 heteroatoms. The van der Waals surface area contributed by atoms with Crippen molar-refractivity contribution in [1.29, 1.82) is 0 Å². The monoisotopic (exact) mass is 163 g/mol. The van der Waals surface area contributed by atoms with Gasteiger partial charge in [-0.05, 0) is 12.8 Å². The average Bonchev–Trinajstić information content (AvgIpc) is 1.99. The molecule has 0 aliphatic rings. The zero-order valence-corrected chi connectivity index (χ0v) is 6.43. The summed E-state index contributed by atoms with van der Waals surface area (Å²) in [7, 11) is 0. The summed E-state index contributed by atoms with van der Waals surface area (Å²) in [5.74, 6) is 0. The Bertz CT molecular complexity index is 128. The Balaban J connectivity index is 3.45. The molecule has 0 spiro atoms. The quantitative estimate of drug-likeness (QED) is 0.343. The highest BCUT2D eigenvalue weighted by Crippen LogP contribution is 2.04. The highest BCUT2D eigenvalue weighted by atomic mass is 16.7. The number of hydrogen-bond donors (Lipinski definition) is 2. The van der Waals surface area contributed by atoms with Crippen molar-refractivity contribution < 1.29 is 15.1 Å². The zero-order chi connectivity index (χ0) is 8.85. The number of aliphatic hydroxyl groups excluding tert-OH is 2. The standard InChI is InChI=1S/C6H13NO4/c1-2-5(8)3-4-6(9)7(10)11/h5-6,8-9H,2-4H2,1H3. The van der Waals surface area contributed by atoms with Crippen LogP contribution in [0.5, 0.6) is 0 Å². The van der Waals surface area contributed by atoms with E-state index >= 15 is 0 Å². The van der Waals surface area contributed by atoms with Crippen LogP contribution in [0.1, 0.15) is 26.2 Å². The smallest absolute Gasteiger partial charge is 0.313 e. The molecule has 0 aromatic heterocycles. The van der Waals surface area contributed by atoms with E-state index in [-0.39, 0.29) is 12.8 Å². The van der Waals surface area contributed by atoms with Gasteiger partial charge in [-0.3, -0.25) is 10.1 Å². The molecule has 0 radical (unpaired) electrons. The zero-order valence-electron chi connectivity index (χ0n) is 6.43. The molecule has 0 bridgehead atoms. The van der Waals surface area contributed by atoms with Gasteiger partial charge in [-0.15, -0.1) is 0 Å². The van der Waals surface area contributed by atoms with Crippen molar-refractivity contribution in [2.45, 2.75) is 38.5 Å². The molecule has 0 aliphatic carbocycles. The van der Waals surface area contributed by atoms with Crippen LogP contribution < -0.4 is 0 Å². The minimum Gasteiger partial charge on any atom is -0.393 e. The SMILES string of the molecule is CCC(O)CCC(O)[N+](=O)[O-]. The van der Waals surface area contributed by atoms with Crippen LogP contribution in [-0.4, -0.2) is 27.5 Å². The van der Waals surface area contributed by atoms with Gasteiger partial charge in [0, 0.05) is 6.42 Å². The fourth-order valence-electron chi connectivity index (χ4n) is 0.651. The summed E-state index contributed by atoms with van der Waals surface area (Å²) in [5, 5.41) is 27.5. The van der Waals surface area contributed by atoms with Crippen LogP contribution in [0.3, 0.4) is 0 Å². The normalized spacial score (nSPS) is 15.9. The van der Waals surface area contributed by atoms with E-state index in [0.717, 1.165) is 0 Å². The molecule has 0 aliphatic heterocycles. The molecule has 0 aromatic carbocycles. The van der Waals surface area contributed by atoms with E-state index in [1.54, 1.807) is 6.92 Å². The third kappa shape index (κ3) is 4.69. The van der Waals surface area contributed by atoms with Gasteiger partial charge < -0.3 is 10.2 Å². The third-order valence-corrected chi connectivity index (χ3v) is 1.47. The second-order valence-corrected chi connectivity index (χ2v) is 2.41. The van der Waals surface area contributed by atoms with E-state index in [1.165, 1.54) is 0 Å². The van der Waals surface area contributed by atoms with Gasteiger partial charge in [0.2, 0.25) is 0 Å². The lowest BCUT2D eigenvalue weighted by Gasteiger charge is -2.06. The maximum absolute atomic E-state index is 9.87. The summed E-state index contributed by atoms with van der Waals surface area (Å²) >= 11 is 0. The lowest BCUT2D eigenvalue weighted by atomic mass is 10.1. The van der Waals surface area contributed by atoms with Crippen molar-refractivity contribution in [3.05, 3.63) is 10.1 Å². The van der Waals surface area contributed by atoms with Gasteiger partial charge >= 0.3 is 6.23 Å². The molecule has 0 aromatic rings. The Morgan fingerprint density at radius 3 is 2.36 bits per heavy atom. The summed E-state index contributed by atoms with van der Waals surface area (Å²) in [5.41, 5.74) is 0. The van der Waals surface area contributed by atoms with Gasteiger partial charge in [-0.2, -0.15) is 0 Å². The predicted octanol–water partition coefficient (Wildman–Crippen LogP) is 0.133. The summed E-state index contributed by atoms with van der Waals surface area (Å²) in [4.78, 5) is 9.11. The highest BCUT2D eigenvalue weighted by molar-refractivity contribution is 4.52. The first-order valence-corrected chi connectivity index (χ1v) is 3.57. The van der Waals surface area contributed by atoms with Crippen molar-refractivity contribution in [1.82, 2.24) is 0 Å². The molecule has 2 N–H and O–H groups in total. The molecule has 0 heterocycles. The van der Waals surface area contributed by atoms with Crippen molar-refractivity contribution >= 4 is 0 Å². The molecule has 0 saturated heterocycles. The van der Waals surface area contributed by atoms with E-state index in [4.69, 9.17) is 10.2 Å². The van der Waals surface area contributed by atoms with E-state index in [2.05, 4.69) is 0 Å². The molecule has 5 nitrogen and oxygen atoms in total. The van der Waals surface area contributed by atoms with Crippen LogP contribution in [0.25, 0.3) is 0 Å². The van der Waals surface area contributed by atoms with Crippen LogP contribution in [0.15, 0.2) is 0 Å². The van der Waals surface area contributed by atoms with Gasteiger partial charge in [-0.1, -0.05) is 6.92 Å². The van der Waals surface area contributed by atoms with Crippen LogP contribution in [-0.2, 0) is 0 Å². The van der Waals surface area contributed by atoms with Crippen LogP contribution in [0.4, 0.5) is 0 Å². The summed E-state index contributed by atoms with van der Waals surface area (Å²) in [6.07, 6.45) is -1.22. The molecular weight excluding hydrogens is 150 g/mol. The van der Waals surface area contributed by atoms with Crippen LogP contribution in [0, 0.1) is 10.1 Å². The molecule has 2 atom stereocenters. The summed E-state index contributed by atoms with van der Waals surface area (Å²) in [6, 6.07) is 0. The Labute approximate surface area is 64.8 Å². The van der Waals surface area contributed by atoms with Crippen LogP contribution >= 0.6 is 0 Å². The number of nitro groups is 1. The lowest BCUT2D eigenvalue weighted by molar-refractivity contribution is -0.571. The number of hydrogen-bond acceptors (Lipinski definition) is 4. The lowest BCUT2D eigenvalue weighted by Crippen LogP contribution is -2.20. The van der Waals surface area contributed by atoms with E-state index in [0.29, 0.717) is 6.42 Å². The van der Waals surface area contributed by atoms with Gasteiger partial charge in [0.25, 0.3) is 0 Å². The molecular formula is C6H13NO4. The van der Waals surface area contributed by atoms with Crippen molar-refractivity contribution in [2.75, 3.05) is 0 Å². The van der Waals surface area contributed by atoms with Gasteiger partial charge in [0.1, 0.15) is 0 Å². The minimum absolute atomic E-state index is 0.0159. The van der Waals surface area contributed by atoms with E-state index in [9.17, 15) is 10.1 Å². The molecule has 0 fully saturated rings. The van der Waals surface area contributed by atoms with Crippen LogP contribution in [0.2, 0.25) is 0 Å². The van der Waals surface area contributed by atoms with Crippen molar-refractivity contribution in [2.24, 2.45) is 0 Å². The molecule has 0 saturated carbocycles. The highest BCUT2D eigenvalue weighted by Gasteiger charge is 2.15. The van der Waals surface area contributed by atoms with Gasteiger partial charge in [-0.25, -0.2) is 0 Å². The third-order valence-electron chi connectivity index (χ3n) is 1.47. The number of aliphatic hydroxyl groups is 2. The molecule has 0 rings (SSSR count). The largest absolute Gasteiger partial charge is 0.393 e. The maximum Gasteiger partial charge on any atom is 0.313 e. The second-order valence-electron chi connectivity index (χ2n) is 2.41. The first-order chi connectivity index (χ1) is 5.07. The van der Waals surface area contributed by atoms with Crippen molar-refractivity contribution in [3.8, 4) is 0 Å². The molecule has 0 amide bonds. The molecule has 11 heavy (non-hydrogen) atoms. The first-order valence-electron chi connectivity index (χ1n) is 3.57. The Morgan fingerprint density at radius 2 is 2.00 bits per heavy atom. The second kappa shape index (κ2) is 5.03. The molecule has 66 valence electrons. The summed E-state index contributed by atoms with van der Waals surface area (Å²) < 4.78 is 0. The number of rotatable bonds is 5. The fourth-order valence-corrected chi connectivity index (χ4v) is 0.651. The average molecular weight is 163 g/mol. The minimum atomic E-state index is -1.53. The first kappa shape index (κ1) is 10.3. The van der Waals surface area contributed by atoms with E-state index in [1.807, 2.05) is 0 Å². The Morgan fingerprint density at radius 1 is 1.45 bits per heavy atom. The topological polar surface area (TPSA) is 83.6 Å². The number of nitrogens with zero attached hydrogens (tertiary/aromatic N) is 1. The van der Waals surface area contributed by atoms with E-state index < -0.39 is 17.3 Å². The fraction of sp³-hybridized carbons (Fsp3) is 1.00. The predicted molar refractivity (Wildman–Crippen MR) is 38.5 cm³/mol. The molecule has 2 unspecified atom stereocenters. The summed E-state index contributed by atoms with van der Waals surface area (Å²) in [6.45, 7) is 1.78. The maximum atomic E-state index is 9.87. The van der Waals surface area contributed by atoms with Crippen molar-refractivity contribution in [3.63, 3.8) is 0 Å². The van der Waals surface area contributed by atoms with Gasteiger partial charge in [0.15, 0.2) is 0 Å².